The summed E-state index contributed by atoms with van der Waals surface area (Å²) in [5.41, 5.74) is 1.86. The summed E-state index contributed by atoms with van der Waals surface area (Å²) >= 11 is 12.2. The predicted octanol–water partition coefficient (Wildman–Crippen LogP) is 3.92. The molecular weight excluding hydrogens is 219 g/mol. The first-order chi connectivity index (χ1) is 6.61. The Hall–Kier alpha value is -0.240. The van der Waals surface area contributed by atoms with E-state index in [4.69, 9.17) is 23.2 Å². The summed E-state index contributed by atoms with van der Waals surface area (Å²) in [6.07, 6.45) is 1.29. The van der Waals surface area contributed by atoms with Gasteiger partial charge in [-0.2, -0.15) is 0 Å². The molecule has 0 saturated carbocycles. The Morgan fingerprint density at radius 1 is 1.14 bits per heavy atom. The zero-order valence-corrected chi connectivity index (χ0v) is 9.44. The van der Waals surface area contributed by atoms with Gasteiger partial charge in [0.2, 0.25) is 0 Å². The molecule has 14 heavy (non-hydrogen) atoms. The van der Waals surface area contributed by atoms with E-state index in [2.05, 4.69) is 6.92 Å². The van der Waals surface area contributed by atoms with Crippen LogP contribution in [0.4, 0.5) is 0 Å². The molecule has 0 spiro atoms. The van der Waals surface area contributed by atoms with Gasteiger partial charge in [-0.25, -0.2) is 0 Å². The number of hydrogen-bond donors (Lipinski definition) is 1. The van der Waals surface area contributed by atoms with E-state index >= 15 is 0 Å². The van der Waals surface area contributed by atoms with Crippen LogP contribution in [-0.4, -0.2) is 5.11 Å². The number of hydrogen-bond acceptors (Lipinski definition) is 1. The van der Waals surface area contributed by atoms with Gasteiger partial charge in [0.25, 0.3) is 0 Å². The molecule has 76 valence electrons. The van der Waals surface area contributed by atoms with Gasteiger partial charge >= 0.3 is 0 Å². The van der Waals surface area contributed by atoms with Crippen molar-refractivity contribution in [3.05, 3.63) is 33.3 Å². The van der Waals surface area contributed by atoms with Crippen molar-refractivity contribution in [2.75, 3.05) is 0 Å². The smallest absolute Gasteiger partial charge is 0.0808 e. The number of rotatable bonds is 0. The van der Waals surface area contributed by atoms with Crippen molar-refractivity contribution < 1.29 is 5.11 Å². The van der Waals surface area contributed by atoms with Crippen molar-refractivity contribution in [1.82, 2.24) is 0 Å². The van der Waals surface area contributed by atoms with Gasteiger partial charge < -0.3 is 5.11 Å². The Morgan fingerprint density at radius 2 is 1.71 bits per heavy atom. The predicted molar refractivity (Wildman–Crippen MR) is 59.1 cm³/mol. The first kappa shape index (κ1) is 10.3. The molecule has 0 aromatic heterocycles. The lowest BCUT2D eigenvalue weighted by atomic mass is 9.82. The molecule has 1 unspecified atom stereocenters. The highest BCUT2D eigenvalue weighted by atomic mass is 35.5. The lowest BCUT2D eigenvalue weighted by Crippen LogP contribution is -2.13. The minimum absolute atomic E-state index is 0.389. The van der Waals surface area contributed by atoms with E-state index in [-0.39, 0.29) is 0 Å². The third-order valence-corrected chi connectivity index (χ3v) is 3.54. The highest BCUT2D eigenvalue weighted by Gasteiger charge is 2.27. The molecule has 1 aliphatic carbocycles. The van der Waals surface area contributed by atoms with Gasteiger partial charge in [0.05, 0.1) is 6.10 Å². The highest BCUT2D eigenvalue weighted by Crippen LogP contribution is 2.43. The van der Waals surface area contributed by atoms with Gasteiger partial charge in [0.1, 0.15) is 0 Å². The highest BCUT2D eigenvalue weighted by molar-refractivity contribution is 6.34. The number of aliphatic hydroxyl groups is 1. The van der Waals surface area contributed by atoms with Crippen LogP contribution in [0.15, 0.2) is 12.1 Å². The normalized spacial score (nSPS) is 26.0. The van der Waals surface area contributed by atoms with Crippen LogP contribution in [-0.2, 0) is 0 Å². The van der Waals surface area contributed by atoms with Gasteiger partial charge in [-0.15, -0.1) is 0 Å². The third-order valence-electron chi connectivity index (χ3n) is 2.88. The Kier molecular flexibility index (Phi) is 2.74. The first-order valence-electron chi connectivity index (χ1n) is 4.77. The van der Waals surface area contributed by atoms with Gasteiger partial charge in [0, 0.05) is 15.6 Å². The Morgan fingerprint density at radius 3 is 2.29 bits per heavy atom. The van der Waals surface area contributed by atoms with Crippen LogP contribution < -0.4 is 0 Å². The molecule has 2 atom stereocenters. The minimum Gasteiger partial charge on any atom is -0.388 e. The first-order valence-corrected chi connectivity index (χ1v) is 5.52. The second-order valence-electron chi connectivity index (χ2n) is 3.85. The molecule has 0 aliphatic heterocycles. The average molecular weight is 231 g/mol. The summed E-state index contributed by atoms with van der Waals surface area (Å²) < 4.78 is 0. The average Bonchev–Trinajstić information content (AvgIpc) is 2.16. The van der Waals surface area contributed by atoms with Crippen molar-refractivity contribution in [2.24, 2.45) is 0 Å². The molecule has 1 aromatic rings. The minimum atomic E-state index is -0.451. The van der Waals surface area contributed by atoms with Gasteiger partial charge in [-0.1, -0.05) is 30.1 Å². The summed E-state index contributed by atoms with van der Waals surface area (Å²) in [5.74, 6) is 0.389. The second-order valence-corrected chi connectivity index (χ2v) is 4.67. The molecule has 0 heterocycles. The summed E-state index contributed by atoms with van der Waals surface area (Å²) in [4.78, 5) is 0. The van der Waals surface area contributed by atoms with E-state index in [0.717, 1.165) is 29.0 Å². The van der Waals surface area contributed by atoms with Crippen LogP contribution in [0.1, 0.15) is 42.9 Å². The molecule has 0 fully saturated rings. The molecule has 0 radical (unpaired) electrons. The Balaban J connectivity index is 2.65. The monoisotopic (exact) mass is 230 g/mol. The molecule has 2 rings (SSSR count). The van der Waals surface area contributed by atoms with E-state index in [1.807, 2.05) is 0 Å². The summed E-state index contributed by atoms with van der Waals surface area (Å²) in [6.45, 7) is 2.12. The van der Waals surface area contributed by atoms with E-state index in [0.29, 0.717) is 10.9 Å². The van der Waals surface area contributed by atoms with Gasteiger partial charge in [0.15, 0.2) is 0 Å². The molecular formula is C11H12Cl2O. The van der Waals surface area contributed by atoms with Gasteiger partial charge in [-0.3, -0.25) is 0 Å². The fourth-order valence-electron chi connectivity index (χ4n) is 2.12. The maximum Gasteiger partial charge on any atom is 0.0808 e. The van der Waals surface area contributed by atoms with E-state index < -0.39 is 6.10 Å². The SMILES string of the molecule is CC1CC[C@H](O)c2c(Cl)ccc(Cl)c21. The number of aliphatic hydroxyl groups excluding tert-OH is 1. The second kappa shape index (κ2) is 3.73. The van der Waals surface area contributed by atoms with Crippen LogP contribution in [0.25, 0.3) is 0 Å². The van der Waals surface area contributed by atoms with Crippen molar-refractivity contribution in [1.29, 1.82) is 0 Å². The largest absolute Gasteiger partial charge is 0.388 e. The maximum atomic E-state index is 9.84. The number of benzene rings is 1. The third kappa shape index (κ3) is 1.54. The van der Waals surface area contributed by atoms with Crippen LogP contribution in [0, 0.1) is 0 Å². The van der Waals surface area contributed by atoms with Crippen LogP contribution in [0.2, 0.25) is 10.0 Å². The Labute approximate surface area is 93.7 Å². The molecule has 1 N–H and O–H groups in total. The molecule has 0 amide bonds. The molecule has 1 nitrogen and oxygen atoms in total. The van der Waals surface area contributed by atoms with Crippen molar-refractivity contribution in [2.45, 2.75) is 31.8 Å². The van der Waals surface area contributed by atoms with Crippen molar-refractivity contribution in [3.8, 4) is 0 Å². The fraction of sp³-hybridized carbons (Fsp3) is 0.455. The zero-order valence-electron chi connectivity index (χ0n) is 7.93. The summed E-state index contributed by atoms with van der Waals surface area (Å²) in [7, 11) is 0. The van der Waals surface area contributed by atoms with E-state index in [1.54, 1.807) is 12.1 Å². The molecule has 0 saturated heterocycles. The van der Waals surface area contributed by atoms with Crippen molar-refractivity contribution >= 4 is 23.2 Å². The summed E-state index contributed by atoms with van der Waals surface area (Å²) in [6, 6.07) is 3.56. The number of halogens is 2. The molecule has 1 aromatic carbocycles. The quantitative estimate of drug-likeness (QED) is 0.717. The summed E-state index contributed by atoms with van der Waals surface area (Å²) in [5, 5.41) is 11.2. The van der Waals surface area contributed by atoms with Crippen LogP contribution >= 0.6 is 23.2 Å². The van der Waals surface area contributed by atoms with E-state index in [9.17, 15) is 5.11 Å². The lowest BCUT2D eigenvalue weighted by molar-refractivity contribution is 0.152. The molecule has 0 bridgehead atoms. The van der Waals surface area contributed by atoms with Crippen LogP contribution in [0.5, 0.6) is 0 Å². The molecule has 3 heteroatoms. The number of fused-ring (bicyclic) bond motifs is 1. The maximum absolute atomic E-state index is 9.84. The fourth-order valence-corrected chi connectivity index (χ4v) is 2.76. The zero-order chi connectivity index (χ0) is 10.3. The van der Waals surface area contributed by atoms with E-state index in [1.165, 1.54) is 0 Å². The van der Waals surface area contributed by atoms with Crippen LogP contribution in [0.3, 0.4) is 0 Å². The topological polar surface area (TPSA) is 20.2 Å². The lowest BCUT2D eigenvalue weighted by Gasteiger charge is -2.28. The molecule has 1 aliphatic rings. The van der Waals surface area contributed by atoms with Gasteiger partial charge in [-0.05, 0) is 36.5 Å². The Bertz CT molecular complexity index is 328. The van der Waals surface area contributed by atoms with Crippen molar-refractivity contribution in [3.63, 3.8) is 0 Å². The standard InChI is InChI=1S/C11H12Cl2O/c1-6-2-5-9(14)11-8(13)4-3-7(12)10(6)11/h3-4,6,9,14H,2,5H2,1H3/t6?,9-/m0/s1.